The maximum Gasteiger partial charge on any atom is 0.272 e. The number of aromatic amines is 1. The lowest BCUT2D eigenvalue weighted by atomic mass is 10.1. The van der Waals surface area contributed by atoms with Crippen molar-refractivity contribution in [1.29, 1.82) is 0 Å². The summed E-state index contributed by atoms with van der Waals surface area (Å²) in [5, 5.41) is 4.95. The van der Waals surface area contributed by atoms with Crippen molar-refractivity contribution in [2.75, 3.05) is 13.1 Å². The molecular weight excluding hydrogens is 252 g/mol. The highest BCUT2D eigenvalue weighted by Gasteiger charge is 2.14. The van der Waals surface area contributed by atoms with Crippen LogP contribution in [0.25, 0.3) is 21.8 Å². The Balaban J connectivity index is 2.05. The summed E-state index contributed by atoms with van der Waals surface area (Å²) >= 11 is 0. The molecule has 0 fully saturated rings. The van der Waals surface area contributed by atoms with Crippen molar-refractivity contribution < 1.29 is 4.79 Å². The molecule has 0 aliphatic rings. The standard InChI is InChI=1S/C15H16N4O/c16-7-3-8-18-15(20)14-13-11(6-9-17-14)10-4-1-2-5-12(10)19-13/h1-2,4-6,9,19H,3,7-8,16H2,(H,18,20). The van der Waals surface area contributed by atoms with Crippen LogP contribution >= 0.6 is 0 Å². The number of nitrogens with two attached hydrogens (primary N) is 1. The third-order valence-corrected chi connectivity index (χ3v) is 3.31. The van der Waals surface area contributed by atoms with E-state index in [2.05, 4.69) is 15.3 Å². The van der Waals surface area contributed by atoms with Crippen LogP contribution in [0.3, 0.4) is 0 Å². The second-order valence-electron chi connectivity index (χ2n) is 4.65. The first-order chi connectivity index (χ1) is 9.81. The summed E-state index contributed by atoms with van der Waals surface area (Å²) < 4.78 is 0. The van der Waals surface area contributed by atoms with Crippen molar-refractivity contribution >= 4 is 27.7 Å². The number of hydrogen-bond donors (Lipinski definition) is 3. The summed E-state index contributed by atoms with van der Waals surface area (Å²) in [6.45, 7) is 1.12. The summed E-state index contributed by atoms with van der Waals surface area (Å²) in [6, 6.07) is 9.89. The van der Waals surface area contributed by atoms with Crippen LogP contribution in [0, 0.1) is 0 Å². The maximum absolute atomic E-state index is 12.2. The van der Waals surface area contributed by atoms with Crippen LogP contribution < -0.4 is 11.1 Å². The van der Waals surface area contributed by atoms with E-state index < -0.39 is 0 Å². The maximum atomic E-state index is 12.2. The summed E-state index contributed by atoms with van der Waals surface area (Å²) in [7, 11) is 0. The van der Waals surface area contributed by atoms with Gasteiger partial charge in [0.05, 0.1) is 5.52 Å². The second kappa shape index (κ2) is 5.30. The quantitative estimate of drug-likeness (QED) is 0.631. The largest absolute Gasteiger partial charge is 0.353 e. The van der Waals surface area contributed by atoms with Gasteiger partial charge in [0.25, 0.3) is 5.91 Å². The van der Waals surface area contributed by atoms with E-state index in [1.54, 1.807) is 6.20 Å². The highest BCUT2D eigenvalue weighted by Crippen LogP contribution is 2.26. The number of benzene rings is 1. The van der Waals surface area contributed by atoms with Gasteiger partial charge in [-0.15, -0.1) is 0 Å². The molecule has 5 nitrogen and oxygen atoms in total. The Morgan fingerprint density at radius 2 is 2.10 bits per heavy atom. The topological polar surface area (TPSA) is 83.8 Å². The number of para-hydroxylation sites is 1. The molecule has 1 amide bonds. The number of hydrogen-bond acceptors (Lipinski definition) is 3. The van der Waals surface area contributed by atoms with E-state index in [1.165, 1.54) is 0 Å². The van der Waals surface area contributed by atoms with Gasteiger partial charge in [-0.25, -0.2) is 4.98 Å². The number of H-pyrrole nitrogens is 1. The van der Waals surface area contributed by atoms with Crippen molar-refractivity contribution in [2.24, 2.45) is 5.73 Å². The van der Waals surface area contributed by atoms with E-state index in [0.29, 0.717) is 18.8 Å². The van der Waals surface area contributed by atoms with E-state index in [-0.39, 0.29) is 5.91 Å². The first-order valence-electron chi connectivity index (χ1n) is 6.65. The molecular formula is C15H16N4O. The number of carbonyl (C=O) groups excluding carboxylic acids is 1. The van der Waals surface area contributed by atoms with E-state index in [9.17, 15) is 4.79 Å². The number of rotatable bonds is 4. The molecule has 102 valence electrons. The zero-order valence-corrected chi connectivity index (χ0v) is 11.0. The monoisotopic (exact) mass is 268 g/mol. The van der Waals surface area contributed by atoms with Crippen LogP contribution in [-0.4, -0.2) is 29.0 Å². The Morgan fingerprint density at radius 1 is 1.25 bits per heavy atom. The summed E-state index contributed by atoms with van der Waals surface area (Å²) in [6.07, 6.45) is 2.43. The van der Waals surface area contributed by atoms with Crippen LogP contribution in [-0.2, 0) is 0 Å². The van der Waals surface area contributed by atoms with Gasteiger partial charge in [-0.1, -0.05) is 18.2 Å². The van der Waals surface area contributed by atoms with Gasteiger partial charge in [0.1, 0.15) is 0 Å². The molecule has 20 heavy (non-hydrogen) atoms. The Bertz CT molecular complexity index is 763. The van der Waals surface area contributed by atoms with Crippen molar-refractivity contribution in [3.63, 3.8) is 0 Å². The van der Waals surface area contributed by atoms with E-state index in [1.807, 2.05) is 30.3 Å². The van der Waals surface area contributed by atoms with Gasteiger partial charge in [-0.3, -0.25) is 4.79 Å². The van der Waals surface area contributed by atoms with E-state index in [4.69, 9.17) is 5.73 Å². The molecule has 2 aromatic heterocycles. The minimum Gasteiger partial charge on any atom is -0.353 e. The SMILES string of the molecule is NCCCNC(=O)c1nccc2c1[nH]c1ccccc12. The van der Waals surface area contributed by atoms with Crippen LogP contribution in [0.2, 0.25) is 0 Å². The average Bonchev–Trinajstić information content (AvgIpc) is 2.86. The molecule has 0 atom stereocenters. The highest BCUT2D eigenvalue weighted by atomic mass is 16.1. The summed E-state index contributed by atoms with van der Waals surface area (Å²) in [5.74, 6) is -0.171. The summed E-state index contributed by atoms with van der Waals surface area (Å²) in [5.41, 5.74) is 7.63. The van der Waals surface area contributed by atoms with Crippen molar-refractivity contribution in [2.45, 2.75) is 6.42 Å². The van der Waals surface area contributed by atoms with Crippen molar-refractivity contribution in [1.82, 2.24) is 15.3 Å². The van der Waals surface area contributed by atoms with Gasteiger partial charge in [-0.2, -0.15) is 0 Å². The third-order valence-electron chi connectivity index (χ3n) is 3.31. The first-order valence-corrected chi connectivity index (χ1v) is 6.65. The van der Waals surface area contributed by atoms with Crippen molar-refractivity contribution in [3.05, 3.63) is 42.2 Å². The molecule has 0 aliphatic heterocycles. The Labute approximate surface area is 116 Å². The number of fused-ring (bicyclic) bond motifs is 3. The Kier molecular flexibility index (Phi) is 3.35. The molecule has 0 bridgehead atoms. The fourth-order valence-corrected chi connectivity index (χ4v) is 2.33. The van der Waals surface area contributed by atoms with Gasteiger partial charge < -0.3 is 16.0 Å². The van der Waals surface area contributed by atoms with Gasteiger partial charge in [0, 0.05) is 29.0 Å². The number of nitrogens with zero attached hydrogens (tertiary/aromatic N) is 1. The fourth-order valence-electron chi connectivity index (χ4n) is 2.33. The normalized spacial score (nSPS) is 11.1. The lowest BCUT2D eigenvalue weighted by Gasteiger charge is -2.04. The second-order valence-corrected chi connectivity index (χ2v) is 4.65. The number of nitrogens with one attached hydrogen (secondary N) is 2. The average molecular weight is 268 g/mol. The van der Waals surface area contributed by atoms with Crippen LogP contribution in [0.15, 0.2) is 36.5 Å². The van der Waals surface area contributed by atoms with Crippen LogP contribution in [0.4, 0.5) is 0 Å². The van der Waals surface area contributed by atoms with Crippen LogP contribution in [0.1, 0.15) is 16.9 Å². The molecule has 0 unspecified atom stereocenters. The lowest BCUT2D eigenvalue weighted by Crippen LogP contribution is -2.27. The molecule has 3 rings (SSSR count). The molecule has 4 N–H and O–H groups in total. The van der Waals surface area contributed by atoms with Gasteiger partial charge in [-0.05, 0) is 25.1 Å². The number of pyridine rings is 1. The predicted octanol–water partition coefficient (Wildman–Crippen LogP) is 1.79. The molecule has 2 heterocycles. The molecule has 3 aromatic rings. The zero-order chi connectivity index (χ0) is 13.9. The van der Waals surface area contributed by atoms with Crippen molar-refractivity contribution in [3.8, 4) is 0 Å². The van der Waals surface area contributed by atoms with Crippen LogP contribution in [0.5, 0.6) is 0 Å². The minimum absolute atomic E-state index is 0.171. The Hall–Kier alpha value is -2.40. The number of carbonyl (C=O) groups is 1. The van der Waals surface area contributed by atoms with E-state index >= 15 is 0 Å². The predicted molar refractivity (Wildman–Crippen MR) is 79.6 cm³/mol. The third kappa shape index (κ3) is 2.12. The Morgan fingerprint density at radius 3 is 2.95 bits per heavy atom. The van der Waals surface area contributed by atoms with Gasteiger partial charge in [0.2, 0.25) is 0 Å². The fraction of sp³-hybridized carbons (Fsp3) is 0.200. The van der Waals surface area contributed by atoms with Gasteiger partial charge in [0.15, 0.2) is 5.69 Å². The highest BCUT2D eigenvalue weighted by molar-refractivity contribution is 6.13. The molecule has 0 saturated heterocycles. The van der Waals surface area contributed by atoms with E-state index in [0.717, 1.165) is 28.2 Å². The lowest BCUT2D eigenvalue weighted by molar-refractivity contribution is 0.0950. The molecule has 0 radical (unpaired) electrons. The molecule has 0 spiro atoms. The molecule has 0 saturated carbocycles. The number of aromatic nitrogens is 2. The molecule has 1 aromatic carbocycles. The minimum atomic E-state index is -0.171. The molecule has 5 heteroatoms. The molecule has 0 aliphatic carbocycles. The summed E-state index contributed by atoms with van der Waals surface area (Å²) in [4.78, 5) is 19.7. The zero-order valence-electron chi connectivity index (χ0n) is 11.0. The van der Waals surface area contributed by atoms with Gasteiger partial charge >= 0.3 is 0 Å². The smallest absolute Gasteiger partial charge is 0.272 e. The number of amides is 1. The first kappa shape index (κ1) is 12.6.